The molecule has 7 heteroatoms. The third-order valence-electron chi connectivity index (χ3n) is 3.35. The first-order valence-electron chi connectivity index (χ1n) is 7.81. The van der Waals surface area contributed by atoms with Crippen molar-refractivity contribution >= 4 is 39.2 Å². The van der Waals surface area contributed by atoms with Crippen molar-refractivity contribution in [3.63, 3.8) is 0 Å². The lowest BCUT2D eigenvalue weighted by molar-refractivity contribution is 0.0697. The molecule has 0 unspecified atom stereocenters. The van der Waals surface area contributed by atoms with E-state index in [4.69, 9.17) is 26.2 Å². The largest absolute Gasteiger partial charge is 0.490 e. The Morgan fingerprint density at radius 1 is 1.20 bits per heavy atom. The first-order valence-corrected chi connectivity index (χ1v) is 8.98. The molecule has 0 aliphatic carbocycles. The van der Waals surface area contributed by atoms with Crippen molar-refractivity contribution < 1.29 is 19.4 Å². The summed E-state index contributed by atoms with van der Waals surface area (Å²) in [6, 6.07) is 8.36. The van der Waals surface area contributed by atoms with Gasteiger partial charge >= 0.3 is 5.97 Å². The van der Waals surface area contributed by atoms with Gasteiger partial charge in [-0.25, -0.2) is 4.79 Å². The second-order valence-electron chi connectivity index (χ2n) is 5.12. The SMILES string of the molecule is CCOc1cc(CNc2cc(C(=O)O)ccc2Cl)cc(Br)c1OCC. The predicted octanol–water partition coefficient (Wildman–Crippen LogP) is 5.21. The van der Waals surface area contributed by atoms with E-state index < -0.39 is 5.97 Å². The summed E-state index contributed by atoms with van der Waals surface area (Å²) in [4.78, 5) is 11.1. The Kier molecular flexibility index (Phi) is 6.96. The topological polar surface area (TPSA) is 67.8 Å². The van der Waals surface area contributed by atoms with Gasteiger partial charge in [0.05, 0.1) is 34.0 Å². The zero-order chi connectivity index (χ0) is 18.4. The maximum absolute atomic E-state index is 11.1. The summed E-state index contributed by atoms with van der Waals surface area (Å²) in [5.41, 5.74) is 1.68. The molecule has 0 spiro atoms. The van der Waals surface area contributed by atoms with E-state index in [0.29, 0.717) is 42.0 Å². The van der Waals surface area contributed by atoms with Gasteiger partial charge in [-0.1, -0.05) is 11.6 Å². The van der Waals surface area contributed by atoms with Crippen molar-refractivity contribution in [2.45, 2.75) is 20.4 Å². The molecule has 0 aliphatic heterocycles. The number of nitrogens with one attached hydrogen (secondary N) is 1. The summed E-state index contributed by atoms with van der Waals surface area (Å²) in [7, 11) is 0. The van der Waals surface area contributed by atoms with Gasteiger partial charge in [-0.15, -0.1) is 0 Å². The van der Waals surface area contributed by atoms with Gasteiger partial charge in [-0.3, -0.25) is 0 Å². The third-order valence-corrected chi connectivity index (χ3v) is 4.27. The average molecular weight is 429 g/mol. The minimum Gasteiger partial charge on any atom is -0.490 e. The van der Waals surface area contributed by atoms with Gasteiger partial charge in [-0.2, -0.15) is 0 Å². The molecule has 0 saturated carbocycles. The molecule has 2 aromatic rings. The van der Waals surface area contributed by atoms with Crippen LogP contribution in [0.15, 0.2) is 34.8 Å². The van der Waals surface area contributed by atoms with Crippen LogP contribution in [0.2, 0.25) is 5.02 Å². The fourth-order valence-electron chi connectivity index (χ4n) is 2.26. The third kappa shape index (κ3) is 5.03. The molecule has 0 fully saturated rings. The van der Waals surface area contributed by atoms with Crippen molar-refractivity contribution in [1.82, 2.24) is 0 Å². The first kappa shape index (κ1) is 19.4. The Morgan fingerprint density at radius 3 is 2.56 bits per heavy atom. The molecule has 0 atom stereocenters. The molecule has 134 valence electrons. The van der Waals surface area contributed by atoms with E-state index in [2.05, 4.69) is 21.2 Å². The van der Waals surface area contributed by atoms with Crippen molar-refractivity contribution in [2.75, 3.05) is 18.5 Å². The van der Waals surface area contributed by atoms with Crippen molar-refractivity contribution in [3.05, 3.63) is 51.0 Å². The molecule has 0 heterocycles. The molecule has 0 bridgehead atoms. The van der Waals surface area contributed by atoms with Crippen LogP contribution in [0.25, 0.3) is 0 Å². The normalized spacial score (nSPS) is 10.4. The number of ether oxygens (including phenoxy) is 2. The molecular formula is C18H19BrClNO4. The highest BCUT2D eigenvalue weighted by molar-refractivity contribution is 9.10. The smallest absolute Gasteiger partial charge is 0.335 e. The second-order valence-corrected chi connectivity index (χ2v) is 6.39. The number of anilines is 1. The lowest BCUT2D eigenvalue weighted by Crippen LogP contribution is -2.05. The average Bonchev–Trinajstić information content (AvgIpc) is 2.57. The molecule has 0 aromatic heterocycles. The van der Waals surface area contributed by atoms with Crippen LogP contribution in [0.1, 0.15) is 29.8 Å². The van der Waals surface area contributed by atoms with Crippen molar-refractivity contribution in [3.8, 4) is 11.5 Å². The van der Waals surface area contributed by atoms with E-state index in [1.54, 1.807) is 6.07 Å². The molecule has 0 aliphatic rings. The Labute approximate surface area is 160 Å². The molecule has 0 amide bonds. The summed E-state index contributed by atoms with van der Waals surface area (Å²) in [6.45, 7) is 5.33. The van der Waals surface area contributed by atoms with Crippen LogP contribution >= 0.6 is 27.5 Å². The van der Waals surface area contributed by atoms with E-state index in [1.807, 2.05) is 26.0 Å². The molecule has 25 heavy (non-hydrogen) atoms. The second kappa shape index (κ2) is 8.97. The Hall–Kier alpha value is -1.92. The van der Waals surface area contributed by atoms with E-state index in [-0.39, 0.29) is 5.56 Å². The number of carboxylic acids is 1. The van der Waals surface area contributed by atoms with Gasteiger partial charge in [0.15, 0.2) is 11.5 Å². The molecule has 2 aromatic carbocycles. The summed E-state index contributed by atoms with van der Waals surface area (Å²) in [6.07, 6.45) is 0. The number of benzene rings is 2. The van der Waals surface area contributed by atoms with Gasteiger partial charge in [0.2, 0.25) is 0 Å². The fraction of sp³-hybridized carbons (Fsp3) is 0.278. The molecule has 5 nitrogen and oxygen atoms in total. The predicted molar refractivity (Wildman–Crippen MR) is 102 cm³/mol. The number of carboxylic acid groups (broad SMARTS) is 1. The number of hydrogen-bond acceptors (Lipinski definition) is 4. The molecule has 0 saturated heterocycles. The lowest BCUT2D eigenvalue weighted by Gasteiger charge is -2.15. The summed E-state index contributed by atoms with van der Waals surface area (Å²) >= 11 is 9.64. The highest BCUT2D eigenvalue weighted by Crippen LogP contribution is 2.37. The zero-order valence-electron chi connectivity index (χ0n) is 13.9. The van der Waals surface area contributed by atoms with Crippen LogP contribution in [0.5, 0.6) is 11.5 Å². The number of carbonyl (C=O) groups is 1. The van der Waals surface area contributed by atoms with Crippen LogP contribution in [0.3, 0.4) is 0 Å². The maximum Gasteiger partial charge on any atom is 0.335 e. The van der Waals surface area contributed by atoms with Gasteiger partial charge in [-0.05, 0) is 65.7 Å². The minimum atomic E-state index is -0.998. The van der Waals surface area contributed by atoms with Crippen molar-refractivity contribution in [2.24, 2.45) is 0 Å². The van der Waals surface area contributed by atoms with E-state index >= 15 is 0 Å². The number of aromatic carboxylic acids is 1. The molecule has 0 radical (unpaired) electrons. The molecule has 2 rings (SSSR count). The minimum absolute atomic E-state index is 0.176. The lowest BCUT2D eigenvalue weighted by atomic mass is 10.1. The Balaban J connectivity index is 2.23. The van der Waals surface area contributed by atoms with Gasteiger partial charge in [0, 0.05) is 6.54 Å². The van der Waals surface area contributed by atoms with Crippen LogP contribution in [-0.2, 0) is 6.54 Å². The first-order chi connectivity index (χ1) is 12.0. The zero-order valence-corrected chi connectivity index (χ0v) is 16.3. The monoisotopic (exact) mass is 427 g/mol. The summed E-state index contributed by atoms with van der Waals surface area (Å²) in [5, 5.41) is 12.7. The van der Waals surface area contributed by atoms with E-state index in [1.165, 1.54) is 12.1 Å². The van der Waals surface area contributed by atoms with E-state index in [0.717, 1.165) is 10.0 Å². The van der Waals surface area contributed by atoms with Crippen LogP contribution < -0.4 is 14.8 Å². The fourth-order valence-corrected chi connectivity index (χ4v) is 3.05. The summed E-state index contributed by atoms with van der Waals surface area (Å²) < 4.78 is 12.1. The van der Waals surface area contributed by atoms with Crippen LogP contribution in [-0.4, -0.2) is 24.3 Å². The molecule has 2 N–H and O–H groups in total. The number of rotatable bonds is 8. The van der Waals surface area contributed by atoms with Crippen LogP contribution in [0, 0.1) is 0 Å². The summed E-state index contributed by atoms with van der Waals surface area (Å²) in [5.74, 6) is 0.321. The highest BCUT2D eigenvalue weighted by atomic mass is 79.9. The standard InChI is InChI=1S/C18H19BrClNO4/c1-3-24-16-8-11(7-13(19)17(16)25-4-2)10-21-15-9-12(18(22)23)5-6-14(15)20/h5-9,21H,3-4,10H2,1-2H3,(H,22,23). The quantitative estimate of drug-likeness (QED) is 0.604. The molecular weight excluding hydrogens is 410 g/mol. The van der Waals surface area contributed by atoms with Crippen LogP contribution in [0.4, 0.5) is 5.69 Å². The Morgan fingerprint density at radius 2 is 1.92 bits per heavy atom. The van der Waals surface area contributed by atoms with Crippen molar-refractivity contribution in [1.29, 1.82) is 0 Å². The van der Waals surface area contributed by atoms with Gasteiger partial charge in [0.1, 0.15) is 0 Å². The van der Waals surface area contributed by atoms with Gasteiger partial charge < -0.3 is 19.9 Å². The number of halogens is 2. The van der Waals surface area contributed by atoms with E-state index in [9.17, 15) is 4.79 Å². The number of hydrogen-bond donors (Lipinski definition) is 2. The van der Waals surface area contributed by atoms with Gasteiger partial charge in [0.25, 0.3) is 0 Å². The maximum atomic E-state index is 11.1. The highest BCUT2D eigenvalue weighted by Gasteiger charge is 2.13. The Bertz CT molecular complexity index is 767.